The number of hydrogen-bond donors (Lipinski definition) is 1. The zero-order valence-corrected chi connectivity index (χ0v) is 19.6. The van der Waals surface area contributed by atoms with E-state index < -0.39 is 5.41 Å². The second kappa shape index (κ2) is 8.96. The van der Waals surface area contributed by atoms with Crippen LogP contribution in [0.5, 0.6) is 0 Å². The number of nitriles is 1. The second-order valence-electron chi connectivity index (χ2n) is 9.28. The molecule has 0 bridgehead atoms. The van der Waals surface area contributed by atoms with Crippen LogP contribution in [0.2, 0.25) is 0 Å². The number of amides is 1. The van der Waals surface area contributed by atoms with Gasteiger partial charge in [-0.05, 0) is 68.6 Å². The molecule has 3 unspecified atom stereocenters. The fraction of sp³-hybridized carbons (Fsp3) is 0.370. The molecule has 1 aromatic heterocycles. The molecule has 3 aromatic rings. The van der Waals surface area contributed by atoms with E-state index in [0.29, 0.717) is 12.0 Å². The smallest absolute Gasteiger partial charge is 0.236 e. The van der Waals surface area contributed by atoms with E-state index in [-0.39, 0.29) is 18.2 Å². The number of aromatic nitrogens is 2. The summed E-state index contributed by atoms with van der Waals surface area (Å²) in [4.78, 5) is 15.8. The van der Waals surface area contributed by atoms with Gasteiger partial charge in [-0.2, -0.15) is 10.4 Å². The first kappa shape index (κ1) is 22.2. The average molecular weight is 456 g/mol. The van der Waals surface area contributed by atoms with Crippen molar-refractivity contribution in [3.05, 3.63) is 72.1 Å². The van der Waals surface area contributed by atoms with Crippen molar-refractivity contribution in [2.45, 2.75) is 44.9 Å². The minimum absolute atomic E-state index is 0.0322. The van der Waals surface area contributed by atoms with Crippen molar-refractivity contribution in [1.82, 2.24) is 14.7 Å². The van der Waals surface area contributed by atoms with Crippen LogP contribution in [0.15, 0.2) is 60.9 Å². The quantitative estimate of drug-likeness (QED) is 0.607. The van der Waals surface area contributed by atoms with Gasteiger partial charge in [-0.3, -0.25) is 4.79 Å². The highest BCUT2D eigenvalue weighted by atomic mass is 16.5. The molecule has 1 N–H and O–H groups in total. The Hall–Kier alpha value is -3.63. The van der Waals surface area contributed by atoms with Crippen molar-refractivity contribution >= 4 is 22.5 Å². The van der Waals surface area contributed by atoms with Gasteiger partial charge in [0, 0.05) is 30.8 Å². The second-order valence-corrected chi connectivity index (χ2v) is 9.28. The molecule has 0 radical (unpaired) electrons. The van der Waals surface area contributed by atoms with Crippen LogP contribution >= 0.6 is 0 Å². The maximum Gasteiger partial charge on any atom is 0.236 e. The summed E-state index contributed by atoms with van der Waals surface area (Å²) in [5, 5.41) is 18.2. The number of ether oxygens (including phenoxy) is 1. The van der Waals surface area contributed by atoms with Crippen molar-refractivity contribution in [2.75, 3.05) is 19.0 Å². The highest BCUT2D eigenvalue weighted by Gasteiger charge is 2.46. The number of anilines is 1. The molecule has 7 nitrogen and oxygen atoms in total. The third kappa shape index (κ3) is 3.84. The summed E-state index contributed by atoms with van der Waals surface area (Å²) in [6.45, 7) is 2.81. The zero-order chi connectivity index (χ0) is 23.7. The van der Waals surface area contributed by atoms with E-state index in [1.54, 1.807) is 6.07 Å². The highest BCUT2D eigenvalue weighted by molar-refractivity contribution is 5.99. The Balaban J connectivity index is 1.42. The first-order chi connectivity index (χ1) is 16.5. The molecule has 7 heteroatoms. The van der Waals surface area contributed by atoms with E-state index >= 15 is 0 Å². The molecule has 34 heavy (non-hydrogen) atoms. The minimum Gasteiger partial charge on any atom is -0.377 e. The summed E-state index contributed by atoms with van der Waals surface area (Å²) >= 11 is 0. The maximum atomic E-state index is 13.8. The van der Waals surface area contributed by atoms with Crippen LogP contribution < -0.4 is 5.32 Å². The van der Waals surface area contributed by atoms with Crippen LogP contribution in [0.25, 0.3) is 10.9 Å². The number of carbonyl (C=O) groups is 1. The van der Waals surface area contributed by atoms with Gasteiger partial charge in [0.2, 0.25) is 5.91 Å². The SMILES string of the molecule is CC1N(C)C=CC1(Cc1ccccc1C#N)C(=O)Nc1ccc2c(cnn2C2CCCCO2)c1. The topological polar surface area (TPSA) is 83.2 Å². The molecule has 1 amide bonds. The number of nitrogens with zero attached hydrogens (tertiary/aromatic N) is 4. The molecule has 3 heterocycles. The van der Waals surface area contributed by atoms with Crippen molar-refractivity contribution < 1.29 is 9.53 Å². The monoisotopic (exact) mass is 455 g/mol. The van der Waals surface area contributed by atoms with E-state index in [1.165, 1.54) is 0 Å². The summed E-state index contributed by atoms with van der Waals surface area (Å²) in [5.41, 5.74) is 2.40. The van der Waals surface area contributed by atoms with Crippen LogP contribution in [0.3, 0.4) is 0 Å². The van der Waals surface area contributed by atoms with Gasteiger partial charge in [0.25, 0.3) is 0 Å². The molecular weight excluding hydrogens is 426 g/mol. The zero-order valence-electron chi connectivity index (χ0n) is 19.6. The number of benzene rings is 2. The maximum absolute atomic E-state index is 13.8. The van der Waals surface area contributed by atoms with E-state index in [0.717, 1.165) is 48.0 Å². The predicted octanol–water partition coefficient (Wildman–Crippen LogP) is 4.62. The largest absolute Gasteiger partial charge is 0.377 e. The van der Waals surface area contributed by atoms with Crippen LogP contribution in [0.1, 0.15) is 43.5 Å². The molecule has 0 saturated carbocycles. The molecule has 174 valence electrons. The molecule has 5 rings (SSSR count). The average Bonchev–Trinajstić information content (AvgIpc) is 3.41. The predicted molar refractivity (Wildman–Crippen MR) is 131 cm³/mol. The van der Waals surface area contributed by atoms with Gasteiger partial charge >= 0.3 is 0 Å². The Morgan fingerprint density at radius 2 is 2.15 bits per heavy atom. The van der Waals surface area contributed by atoms with E-state index in [2.05, 4.69) is 16.5 Å². The first-order valence-corrected chi connectivity index (χ1v) is 11.8. The fourth-order valence-electron chi connectivity index (χ4n) is 5.06. The standard InChI is InChI=1S/C27H29N5O2/c1-19-27(12-13-31(19)2,16-20-7-3-4-8-21(20)17-28)26(33)30-23-10-11-24-22(15-23)18-29-32(24)25-9-5-6-14-34-25/h3-4,7-8,10-13,15,18-19,25H,5-6,9,14,16H2,1-2H3,(H,30,33). The van der Waals surface area contributed by atoms with Crippen molar-refractivity contribution in [3.8, 4) is 6.07 Å². The summed E-state index contributed by atoms with van der Waals surface area (Å²) in [7, 11) is 1.97. The lowest BCUT2D eigenvalue weighted by atomic mass is 9.75. The van der Waals surface area contributed by atoms with Crippen LogP contribution in [0, 0.1) is 16.7 Å². The van der Waals surface area contributed by atoms with Gasteiger partial charge in [-0.1, -0.05) is 24.3 Å². The number of carbonyl (C=O) groups excluding carboxylic acids is 1. The van der Waals surface area contributed by atoms with Gasteiger partial charge in [0.15, 0.2) is 6.23 Å². The molecule has 1 saturated heterocycles. The summed E-state index contributed by atoms with van der Waals surface area (Å²) in [5.74, 6) is -0.0873. The number of nitrogens with one attached hydrogen (secondary N) is 1. The molecule has 2 aliphatic heterocycles. The van der Waals surface area contributed by atoms with E-state index in [4.69, 9.17) is 4.74 Å². The third-order valence-corrected chi connectivity index (χ3v) is 7.29. The Morgan fingerprint density at radius 3 is 2.88 bits per heavy atom. The fourth-order valence-corrected chi connectivity index (χ4v) is 5.06. The van der Waals surface area contributed by atoms with Crippen molar-refractivity contribution in [3.63, 3.8) is 0 Å². The lowest BCUT2D eigenvalue weighted by Gasteiger charge is -2.34. The van der Waals surface area contributed by atoms with Crippen LogP contribution in [-0.4, -0.2) is 40.3 Å². The lowest BCUT2D eigenvalue weighted by molar-refractivity contribution is -0.124. The van der Waals surface area contributed by atoms with Crippen LogP contribution in [0.4, 0.5) is 5.69 Å². The molecule has 3 atom stereocenters. The Bertz CT molecular complexity index is 1280. The highest BCUT2D eigenvalue weighted by Crippen LogP contribution is 2.39. The summed E-state index contributed by atoms with van der Waals surface area (Å²) in [6, 6.07) is 15.6. The molecule has 1 fully saturated rings. The molecule has 0 aliphatic carbocycles. The van der Waals surface area contributed by atoms with E-state index in [9.17, 15) is 10.1 Å². The van der Waals surface area contributed by atoms with Crippen molar-refractivity contribution in [1.29, 1.82) is 5.26 Å². The van der Waals surface area contributed by atoms with Crippen LogP contribution in [-0.2, 0) is 16.0 Å². The lowest BCUT2D eigenvalue weighted by Crippen LogP contribution is -2.46. The third-order valence-electron chi connectivity index (χ3n) is 7.29. The molecule has 2 aromatic carbocycles. The Labute approximate surface area is 199 Å². The Morgan fingerprint density at radius 1 is 1.29 bits per heavy atom. The molecule has 2 aliphatic rings. The van der Waals surface area contributed by atoms with Gasteiger partial charge in [-0.25, -0.2) is 4.68 Å². The first-order valence-electron chi connectivity index (χ1n) is 11.8. The normalized spacial score (nSPS) is 24.3. The Kier molecular flexibility index (Phi) is 5.84. The molecule has 0 spiro atoms. The number of rotatable bonds is 5. The minimum atomic E-state index is -0.795. The van der Waals surface area contributed by atoms with Crippen molar-refractivity contribution in [2.24, 2.45) is 5.41 Å². The van der Waals surface area contributed by atoms with Gasteiger partial charge in [0.05, 0.1) is 28.8 Å². The molecular formula is C27H29N5O2. The van der Waals surface area contributed by atoms with Gasteiger partial charge in [0.1, 0.15) is 0 Å². The summed E-state index contributed by atoms with van der Waals surface area (Å²) < 4.78 is 7.84. The number of fused-ring (bicyclic) bond motifs is 1. The summed E-state index contributed by atoms with van der Waals surface area (Å²) in [6.07, 6.45) is 9.35. The van der Waals surface area contributed by atoms with Gasteiger partial charge < -0.3 is 15.0 Å². The van der Waals surface area contributed by atoms with E-state index in [1.807, 2.05) is 78.4 Å². The number of hydrogen-bond acceptors (Lipinski definition) is 5. The van der Waals surface area contributed by atoms with Gasteiger partial charge in [-0.15, -0.1) is 0 Å².